The quantitative estimate of drug-likeness (QED) is 0.120. The summed E-state index contributed by atoms with van der Waals surface area (Å²) < 4.78 is 25.2. The van der Waals surface area contributed by atoms with Gasteiger partial charge in [0.05, 0.1) is 24.2 Å². The minimum absolute atomic E-state index is 0.134. The minimum Gasteiger partial charge on any atom is -0.465 e. The molecule has 0 aromatic carbocycles. The molecule has 0 bridgehead atoms. The number of hydrogen-bond acceptors (Lipinski definition) is 5. The Balaban J connectivity index is 2.06. The molecule has 0 aromatic heterocycles. The number of hydrogen-bond donors (Lipinski definition) is 0. The molecule has 0 radical (unpaired) electrons. The van der Waals surface area contributed by atoms with E-state index in [0.29, 0.717) is 18.6 Å². The molecule has 2 rings (SSSR count). The van der Waals surface area contributed by atoms with Crippen molar-refractivity contribution in [1.82, 2.24) is 0 Å². The Morgan fingerprint density at radius 1 is 0.914 bits per heavy atom. The summed E-state index contributed by atoms with van der Waals surface area (Å²) >= 11 is 0. The number of rotatable bonds is 11. The monoisotopic (exact) mass is 528 g/mol. The summed E-state index contributed by atoms with van der Waals surface area (Å²) in [5, 5.41) is 0.395. The number of ether oxygens (including phenoxy) is 2. The van der Waals surface area contributed by atoms with Crippen LogP contribution in [0.25, 0.3) is 0 Å². The molecule has 0 unspecified atom stereocenters. The predicted molar refractivity (Wildman–Crippen MR) is 150 cm³/mol. The maximum Gasteiger partial charge on any atom is 0.311 e. The average Bonchev–Trinajstić information content (AvgIpc) is 3.34. The molecular formula is C28H56O5Si2. The third-order valence-electron chi connectivity index (χ3n) is 9.00. The van der Waals surface area contributed by atoms with E-state index in [2.05, 4.69) is 67.7 Å². The van der Waals surface area contributed by atoms with E-state index in [1.54, 1.807) is 0 Å². The van der Waals surface area contributed by atoms with Crippen molar-refractivity contribution >= 4 is 22.6 Å². The fraction of sp³-hybridized carbons (Fsp3) is 0.964. The lowest BCUT2D eigenvalue weighted by Gasteiger charge is -2.42. The largest absolute Gasteiger partial charge is 0.465 e. The molecule has 35 heavy (non-hydrogen) atoms. The molecule has 2 fully saturated rings. The Labute approximate surface area is 218 Å². The summed E-state index contributed by atoms with van der Waals surface area (Å²) in [6, 6.07) is 0. The highest BCUT2D eigenvalue weighted by atomic mass is 28.4. The highest BCUT2D eigenvalue weighted by Gasteiger charge is 2.58. The molecule has 0 amide bonds. The molecule has 1 saturated carbocycles. The van der Waals surface area contributed by atoms with Crippen LogP contribution in [0.1, 0.15) is 88.0 Å². The van der Waals surface area contributed by atoms with Gasteiger partial charge in [-0.3, -0.25) is 4.79 Å². The van der Waals surface area contributed by atoms with Gasteiger partial charge in [0.2, 0.25) is 0 Å². The lowest BCUT2D eigenvalue weighted by Crippen LogP contribution is -2.47. The standard InChI is InChI=1S/C28H56O5Si2/c1-26(2,3)25(29)30-19-21-20(18-23-24(21)32-23)22(33-35(12,13)28(7,8)9)16-14-15-17-31-34(10,11)27(4,5)6/h20-24H,14-19H2,1-13H3/t20-,21+,22+,23-,24+/m0/s1. The van der Waals surface area contributed by atoms with Crippen LogP contribution in [0, 0.1) is 17.3 Å². The Kier molecular flexibility index (Phi) is 9.63. The van der Waals surface area contributed by atoms with E-state index in [1.807, 2.05) is 20.8 Å². The van der Waals surface area contributed by atoms with Gasteiger partial charge in [-0.15, -0.1) is 0 Å². The highest BCUT2D eigenvalue weighted by molar-refractivity contribution is 6.74. The zero-order chi connectivity index (χ0) is 27.0. The number of unbranched alkanes of at least 4 members (excludes halogenated alkanes) is 1. The van der Waals surface area contributed by atoms with E-state index in [1.165, 1.54) is 0 Å². The van der Waals surface area contributed by atoms with E-state index < -0.39 is 22.0 Å². The normalized spacial score (nSPS) is 26.4. The molecule has 1 aliphatic heterocycles. The fourth-order valence-electron chi connectivity index (χ4n) is 4.35. The van der Waals surface area contributed by atoms with Gasteiger partial charge >= 0.3 is 5.97 Å². The van der Waals surface area contributed by atoms with Gasteiger partial charge in [-0.05, 0) is 88.6 Å². The second kappa shape index (κ2) is 10.9. The van der Waals surface area contributed by atoms with Crippen LogP contribution in [0.15, 0.2) is 0 Å². The van der Waals surface area contributed by atoms with Crippen LogP contribution in [-0.2, 0) is 23.1 Å². The summed E-state index contributed by atoms with van der Waals surface area (Å²) in [7, 11) is -3.65. The molecule has 0 spiro atoms. The number of epoxide rings is 1. The van der Waals surface area contributed by atoms with Crippen molar-refractivity contribution in [3.05, 3.63) is 0 Å². The molecule has 7 heteroatoms. The molecule has 1 heterocycles. The van der Waals surface area contributed by atoms with Gasteiger partial charge in [-0.1, -0.05) is 41.5 Å². The average molecular weight is 529 g/mol. The van der Waals surface area contributed by atoms with E-state index >= 15 is 0 Å². The zero-order valence-electron chi connectivity index (χ0n) is 25.2. The van der Waals surface area contributed by atoms with Crippen LogP contribution >= 0.6 is 0 Å². The first-order chi connectivity index (χ1) is 15.7. The van der Waals surface area contributed by atoms with Crippen molar-refractivity contribution in [1.29, 1.82) is 0 Å². The summed E-state index contributed by atoms with van der Waals surface area (Å²) in [5.74, 6) is 0.469. The van der Waals surface area contributed by atoms with Crippen molar-refractivity contribution in [3.8, 4) is 0 Å². The van der Waals surface area contributed by atoms with E-state index in [9.17, 15) is 4.79 Å². The molecule has 0 N–H and O–H groups in total. The van der Waals surface area contributed by atoms with E-state index in [0.717, 1.165) is 32.3 Å². The molecule has 0 aromatic rings. The maximum absolute atomic E-state index is 12.5. The van der Waals surface area contributed by atoms with Gasteiger partial charge in [0.15, 0.2) is 16.6 Å². The Morgan fingerprint density at radius 2 is 1.49 bits per heavy atom. The SMILES string of the molecule is CC(C)(C)C(=O)OC[C@@H]1[C@@H]([C@@H](CCCCO[Si](C)(C)C(C)(C)C)O[Si](C)(C)C(C)(C)C)C[C@@H]2O[C@H]12. The van der Waals surface area contributed by atoms with Crippen LogP contribution in [-0.4, -0.2) is 54.1 Å². The zero-order valence-corrected chi connectivity index (χ0v) is 27.2. The summed E-state index contributed by atoms with van der Waals surface area (Å²) in [6.07, 6.45) is 4.91. The highest BCUT2D eigenvalue weighted by Crippen LogP contribution is 2.51. The topological polar surface area (TPSA) is 57.3 Å². The second-order valence-corrected chi connectivity index (χ2v) is 24.6. The molecule has 1 saturated heterocycles. The van der Waals surface area contributed by atoms with E-state index in [-0.39, 0.29) is 34.2 Å². The van der Waals surface area contributed by atoms with Gasteiger partial charge in [0, 0.05) is 18.6 Å². The number of esters is 1. The summed E-state index contributed by atoms with van der Waals surface area (Å²) in [6.45, 7) is 30.1. The number of carbonyl (C=O) groups is 1. The smallest absolute Gasteiger partial charge is 0.311 e. The van der Waals surface area contributed by atoms with Crippen molar-refractivity contribution in [2.24, 2.45) is 17.3 Å². The van der Waals surface area contributed by atoms with Crippen LogP contribution in [0.4, 0.5) is 0 Å². The summed E-state index contributed by atoms with van der Waals surface area (Å²) in [4.78, 5) is 12.5. The van der Waals surface area contributed by atoms with Crippen LogP contribution < -0.4 is 0 Å². The van der Waals surface area contributed by atoms with Crippen molar-refractivity contribution in [3.63, 3.8) is 0 Å². The molecule has 1 aliphatic carbocycles. The van der Waals surface area contributed by atoms with Crippen molar-refractivity contribution in [2.45, 2.75) is 143 Å². The third-order valence-corrected chi connectivity index (χ3v) is 18.0. The number of carbonyl (C=O) groups excluding carboxylic acids is 1. The lowest BCUT2D eigenvalue weighted by molar-refractivity contribution is -0.155. The van der Waals surface area contributed by atoms with Crippen LogP contribution in [0.2, 0.25) is 36.3 Å². The molecule has 5 atom stereocenters. The lowest BCUT2D eigenvalue weighted by atomic mass is 9.87. The first-order valence-corrected chi connectivity index (χ1v) is 19.6. The third kappa shape index (κ3) is 8.13. The first-order valence-electron chi connectivity index (χ1n) is 13.8. The maximum atomic E-state index is 12.5. The van der Waals surface area contributed by atoms with E-state index in [4.69, 9.17) is 18.3 Å². The molecular weight excluding hydrogens is 472 g/mol. The number of fused-ring (bicyclic) bond motifs is 1. The summed E-state index contributed by atoms with van der Waals surface area (Å²) in [5.41, 5.74) is -0.487. The molecule has 206 valence electrons. The van der Waals surface area contributed by atoms with Gasteiger partial charge in [0.1, 0.15) is 0 Å². The fourth-order valence-corrected chi connectivity index (χ4v) is 6.84. The Morgan fingerprint density at radius 3 is 2.00 bits per heavy atom. The van der Waals surface area contributed by atoms with Crippen molar-refractivity contribution in [2.75, 3.05) is 13.2 Å². The van der Waals surface area contributed by atoms with Crippen LogP contribution in [0.3, 0.4) is 0 Å². The van der Waals surface area contributed by atoms with Gasteiger partial charge in [0.25, 0.3) is 0 Å². The van der Waals surface area contributed by atoms with Crippen molar-refractivity contribution < 1.29 is 23.1 Å². The Bertz CT molecular complexity index is 714. The van der Waals surface area contributed by atoms with Crippen LogP contribution in [0.5, 0.6) is 0 Å². The predicted octanol–water partition coefficient (Wildman–Crippen LogP) is 7.56. The molecule has 2 aliphatic rings. The van der Waals surface area contributed by atoms with Gasteiger partial charge in [-0.2, -0.15) is 0 Å². The second-order valence-electron chi connectivity index (χ2n) is 15.1. The Hall–Kier alpha value is -0.216. The first kappa shape index (κ1) is 31.0. The van der Waals surface area contributed by atoms with Gasteiger partial charge in [-0.25, -0.2) is 0 Å². The van der Waals surface area contributed by atoms with Gasteiger partial charge < -0.3 is 18.3 Å². The molecule has 5 nitrogen and oxygen atoms in total. The minimum atomic E-state index is -1.94.